The Kier molecular flexibility index (Phi) is 3.90. The van der Waals surface area contributed by atoms with Crippen LogP contribution in [0.1, 0.15) is 18.9 Å². The summed E-state index contributed by atoms with van der Waals surface area (Å²) in [6.07, 6.45) is 1.74. The molecular formula is C11H15FN. The highest BCUT2D eigenvalue weighted by molar-refractivity contribution is 5.19. The van der Waals surface area contributed by atoms with Crippen molar-refractivity contribution < 1.29 is 4.39 Å². The Labute approximate surface area is 78.8 Å². The fourth-order valence-corrected chi connectivity index (χ4v) is 1.33. The van der Waals surface area contributed by atoms with E-state index in [0.29, 0.717) is 6.54 Å². The smallest absolute Gasteiger partial charge is 0.123 e. The predicted octanol–water partition coefficient (Wildman–Crippen LogP) is 2.31. The van der Waals surface area contributed by atoms with E-state index in [-0.39, 0.29) is 5.82 Å². The van der Waals surface area contributed by atoms with Crippen LogP contribution in [0.5, 0.6) is 0 Å². The number of halogens is 1. The summed E-state index contributed by atoms with van der Waals surface area (Å²) in [7, 11) is 0. The average Bonchev–Trinajstić information content (AvgIpc) is 2.04. The zero-order chi connectivity index (χ0) is 9.68. The maximum absolute atomic E-state index is 12.8. The standard InChI is InChI=1S/C11H15FN/c1-9(5-6-13)7-10-3-2-4-11(12)8-10/h2-4,8H,5-7,13H2,1H3. The summed E-state index contributed by atoms with van der Waals surface area (Å²) in [4.78, 5) is 0. The molecule has 0 fully saturated rings. The van der Waals surface area contributed by atoms with Gasteiger partial charge in [-0.15, -0.1) is 0 Å². The van der Waals surface area contributed by atoms with E-state index >= 15 is 0 Å². The first kappa shape index (κ1) is 10.2. The molecule has 0 aliphatic heterocycles. The maximum Gasteiger partial charge on any atom is 0.123 e. The van der Waals surface area contributed by atoms with E-state index in [1.807, 2.05) is 6.07 Å². The predicted molar refractivity (Wildman–Crippen MR) is 52.7 cm³/mol. The van der Waals surface area contributed by atoms with Crippen LogP contribution in [0.2, 0.25) is 0 Å². The van der Waals surface area contributed by atoms with Crippen molar-refractivity contribution in [3.05, 3.63) is 41.6 Å². The lowest BCUT2D eigenvalue weighted by atomic mass is 9.98. The van der Waals surface area contributed by atoms with Gasteiger partial charge in [-0.1, -0.05) is 19.1 Å². The molecule has 1 rings (SSSR count). The zero-order valence-electron chi connectivity index (χ0n) is 7.89. The second-order valence-electron chi connectivity index (χ2n) is 3.30. The van der Waals surface area contributed by atoms with Gasteiger partial charge in [0.15, 0.2) is 0 Å². The van der Waals surface area contributed by atoms with Gasteiger partial charge in [0.05, 0.1) is 0 Å². The Morgan fingerprint density at radius 2 is 2.23 bits per heavy atom. The molecule has 1 radical (unpaired) electrons. The first-order valence-corrected chi connectivity index (χ1v) is 4.48. The van der Waals surface area contributed by atoms with Crippen LogP contribution < -0.4 is 5.73 Å². The summed E-state index contributed by atoms with van der Waals surface area (Å²) < 4.78 is 12.8. The number of hydrogen-bond donors (Lipinski definition) is 1. The SMILES string of the molecule is C[C](CCN)Cc1cccc(F)c1. The number of benzene rings is 1. The topological polar surface area (TPSA) is 26.0 Å². The van der Waals surface area contributed by atoms with E-state index in [0.717, 1.165) is 18.4 Å². The summed E-state index contributed by atoms with van der Waals surface area (Å²) in [5, 5.41) is 0. The van der Waals surface area contributed by atoms with Crippen LogP contribution in [-0.2, 0) is 6.42 Å². The third kappa shape index (κ3) is 3.55. The molecule has 1 aromatic carbocycles. The summed E-state index contributed by atoms with van der Waals surface area (Å²) >= 11 is 0. The second-order valence-corrected chi connectivity index (χ2v) is 3.30. The largest absolute Gasteiger partial charge is 0.330 e. The molecule has 0 aliphatic carbocycles. The Morgan fingerprint density at radius 1 is 1.46 bits per heavy atom. The lowest BCUT2D eigenvalue weighted by molar-refractivity contribution is 0.625. The Morgan fingerprint density at radius 3 is 2.85 bits per heavy atom. The lowest BCUT2D eigenvalue weighted by Gasteiger charge is -2.08. The average molecular weight is 180 g/mol. The molecule has 0 aliphatic rings. The van der Waals surface area contributed by atoms with Crippen LogP contribution in [0.4, 0.5) is 4.39 Å². The quantitative estimate of drug-likeness (QED) is 0.756. The van der Waals surface area contributed by atoms with Gasteiger partial charge in [-0.3, -0.25) is 0 Å². The summed E-state index contributed by atoms with van der Waals surface area (Å²) in [5.74, 6) is 1.13. The molecule has 0 bridgehead atoms. The minimum atomic E-state index is -0.168. The van der Waals surface area contributed by atoms with Gasteiger partial charge in [-0.05, 0) is 43.0 Å². The highest BCUT2D eigenvalue weighted by Gasteiger charge is 2.03. The molecule has 0 saturated heterocycles. The molecule has 0 atom stereocenters. The zero-order valence-corrected chi connectivity index (χ0v) is 7.89. The third-order valence-corrected chi connectivity index (χ3v) is 1.97. The Bertz CT molecular complexity index is 260. The van der Waals surface area contributed by atoms with Crippen LogP contribution in [-0.4, -0.2) is 6.54 Å². The van der Waals surface area contributed by atoms with Crippen LogP contribution in [0, 0.1) is 11.7 Å². The maximum atomic E-state index is 12.8. The van der Waals surface area contributed by atoms with E-state index in [9.17, 15) is 4.39 Å². The molecule has 0 spiro atoms. The van der Waals surface area contributed by atoms with Crippen LogP contribution in [0.15, 0.2) is 24.3 Å². The normalized spacial score (nSPS) is 10.8. The third-order valence-electron chi connectivity index (χ3n) is 1.97. The summed E-state index contributed by atoms with van der Waals surface area (Å²) in [6.45, 7) is 2.72. The van der Waals surface area contributed by atoms with Crippen molar-refractivity contribution in [1.29, 1.82) is 0 Å². The van der Waals surface area contributed by atoms with Crippen molar-refractivity contribution in [3.8, 4) is 0 Å². The number of nitrogens with two attached hydrogens (primary N) is 1. The number of rotatable bonds is 4. The minimum Gasteiger partial charge on any atom is -0.330 e. The summed E-state index contributed by atoms with van der Waals surface area (Å²) in [6, 6.07) is 6.70. The molecule has 1 aromatic rings. The van der Waals surface area contributed by atoms with Crippen LogP contribution >= 0.6 is 0 Å². The first-order chi connectivity index (χ1) is 6.22. The van der Waals surface area contributed by atoms with Crippen molar-refractivity contribution in [2.75, 3.05) is 6.54 Å². The van der Waals surface area contributed by atoms with E-state index in [2.05, 4.69) is 6.92 Å². The van der Waals surface area contributed by atoms with Crippen molar-refractivity contribution in [2.45, 2.75) is 19.8 Å². The Hall–Kier alpha value is -0.890. The lowest BCUT2D eigenvalue weighted by Crippen LogP contribution is -2.06. The molecule has 0 aromatic heterocycles. The minimum absolute atomic E-state index is 0.168. The molecule has 0 unspecified atom stereocenters. The molecule has 13 heavy (non-hydrogen) atoms. The van der Waals surface area contributed by atoms with Gasteiger partial charge in [0, 0.05) is 0 Å². The highest BCUT2D eigenvalue weighted by Crippen LogP contribution is 2.13. The van der Waals surface area contributed by atoms with E-state index < -0.39 is 0 Å². The van der Waals surface area contributed by atoms with Crippen LogP contribution in [0.3, 0.4) is 0 Å². The van der Waals surface area contributed by atoms with Crippen molar-refractivity contribution in [3.63, 3.8) is 0 Å². The van der Waals surface area contributed by atoms with Gasteiger partial charge in [0.25, 0.3) is 0 Å². The fourth-order valence-electron chi connectivity index (χ4n) is 1.33. The van der Waals surface area contributed by atoms with Gasteiger partial charge >= 0.3 is 0 Å². The van der Waals surface area contributed by atoms with Gasteiger partial charge in [-0.2, -0.15) is 0 Å². The van der Waals surface area contributed by atoms with E-state index in [1.165, 1.54) is 12.0 Å². The highest BCUT2D eigenvalue weighted by atomic mass is 19.1. The van der Waals surface area contributed by atoms with Crippen molar-refractivity contribution in [2.24, 2.45) is 5.73 Å². The van der Waals surface area contributed by atoms with Crippen LogP contribution in [0.25, 0.3) is 0 Å². The van der Waals surface area contributed by atoms with Gasteiger partial charge in [-0.25, -0.2) is 4.39 Å². The van der Waals surface area contributed by atoms with Gasteiger partial charge < -0.3 is 5.73 Å². The first-order valence-electron chi connectivity index (χ1n) is 4.48. The monoisotopic (exact) mass is 180 g/mol. The molecule has 0 heterocycles. The molecule has 1 nitrogen and oxygen atoms in total. The fraction of sp³-hybridized carbons (Fsp3) is 0.364. The van der Waals surface area contributed by atoms with Crippen molar-refractivity contribution in [1.82, 2.24) is 0 Å². The van der Waals surface area contributed by atoms with Gasteiger partial charge in [0.1, 0.15) is 5.82 Å². The number of hydrogen-bond acceptors (Lipinski definition) is 1. The van der Waals surface area contributed by atoms with Gasteiger partial charge in [0.2, 0.25) is 0 Å². The van der Waals surface area contributed by atoms with Crippen molar-refractivity contribution >= 4 is 0 Å². The molecule has 71 valence electrons. The van der Waals surface area contributed by atoms with E-state index in [4.69, 9.17) is 5.73 Å². The molecule has 0 amide bonds. The molecule has 2 N–H and O–H groups in total. The molecular weight excluding hydrogens is 165 g/mol. The molecule has 2 heteroatoms. The molecule has 0 saturated carbocycles. The summed E-state index contributed by atoms with van der Waals surface area (Å²) in [5.41, 5.74) is 6.44. The van der Waals surface area contributed by atoms with E-state index in [1.54, 1.807) is 12.1 Å². The Balaban J connectivity index is 2.53. The second kappa shape index (κ2) is 4.97.